The number of hydrogen-bond acceptors (Lipinski definition) is 6. The number of aromatic nitrogens is 4. The Balaban J connectivity index is 1.36. The monoisotopic (exact) mass is 392 g/mol. The van der Waals surface area contributed by atoms with Gasteiger partial charge < -0.3 is 8.83 Å². The van der Waals surface area contributed by atoms with E-state index < -0.39 is 0 Å². The minimum Gasteiger partial charge on any atom is -0.467 e. The number of nitrogens with zero attached hydrogens (tertiary/aromatic N) is 4. The van der Waals surface area contributed by atoms with E-state index in [0.717, 1.165) is 33.8 Å². The van der Waals surface area contributed by atoms with Gasteiger partial charge in [-0.3, -0.25) is 4.57 Å². The van der Waals surface area contributed by atoms with E-state index in [4.69, 9.17) is 13.8 Å². The molecule has 1 aliphatic rings. The van der Waals surface area contributed by atoms with Gasteiger partial charge in [0.15, 0.2) is 5.16 Å². The van der Waals surface area contributed by atoms with Crippen molar-refractivity contribution >= 4 is 11.8 Å². The molecule has 1 aromatic carbocycles. The summed E-state index contributed by atoms with van der Waals surface area (Å²) in [5.41, 5.74) is 1.92. The van der Waals surface area contributed by atoms with Crippen molar-refractivity contribution in [3.8, 4) is 11.5 Å². The van der Waals surface area contributed by atoms with Crippen LogP contribution >= 0.6 is 11.8 Å². The number of rotatable bonds is 7. The van der Waals surface area contributed by atoms with Gasteiger partial charge in [0.2, 0.25) is 5.89 Å². The fourth-order valence-corrected chi connectivity index (χ4v) is 4.10. The van der Waals surface area contributed by atoms with E-state index in [1.54, 1.807) is 18.0 Å². The third-order valence-electron chi connectivity index (χ3n) is 4.83. The molecule has 0 aliphatic heterocycles. The topological polar surface area (TPSA) is 69.9 Å². The highest BCUT2D eigenvalue weighted by atomic mass is 32.2. The first kappa shape index (κ1) is 17.3. The number of aryl methyl sites for hydroxylation is 1. The molecule has 0 bridgehead atoms. The van der Waals surface area contributed by atoms with Crippen LogP contribution in [0, 0.1) is 6.92 Å². The number of hydrogen-bond donors (Lipinski definition) is 0. The van der Waals surface area contributed by atoms with E-state index in [2.05, 4.69) is 14.8 Å². The predicted octanol–water partition coefficient (Wildman–Crippen LogP) is 5.05. The second-order valence-electron chi connectivity index (χ2n) is 6.96. The van der Waals surface area contributed by atoms with Gasteiger partial charge in [-0.05, 0) is 44.0 Å². The summed E-state index contributed by atoms with van der Waals surface area (Å²) < 4.78 is 13.6. The van der Waals surface area contributed by atoms with E-state index >= 15 is 0 Å². The van der Waals surface area contributed by atoms with Crippen molar-refractivity contribution in [3.05, 3.63) is 71.8 Å². The molecule has 0 radical (unpaired) electrons. The molecular formula is C21H20N4O2S. The van der Waals surface area contributed by atoms with E-state index in [1.807, 2.05) is 49.4 Å². The van der Waals surface area contributed by atoms with Crippen molar-refractivity contribution in [2.75, 3.05) is 0 Å². The highest BCUT2D eigenvalue weighted by Gasteiger charge is 2.30. The molecule has 7 heteroatoms. The Bertz CT molecular complexity index is 1070. The van der Waals surface area contributed by atoms with Gasteiger partial charge in [-0.15, -0.1) is 10.2 Å². The maximum atomic E-state index is 5.88. The van der Waals surface area contributed by atoms with Crippen LogP contribution in [0.5, 0.6) is 0 Å². The molecule has 0 amide bonds. The third kappa shape index (κ3) is 3.49. The smallest absolute Gasteiger partial charge is 0.226 e. The Morgan fingerprint density at radius 3 is 2.71 bits per heavy atom. The van der Waals surface area contributed by atoms with E-state index in [0.29, 0.717) is 24.1 Å². The lowest BCUT2D eigenvalue weighted by Gasteiger charge is -2.07. The zero-order chi connectivity index (χ0) is 18.9. The molecule has 0 spiro atoms. The quantitative estimate of drug-likeness (QED) is 0.410. The molecule has 1 fully saturated rings. The first-order chi connectivity index (χ1) is 13.8. The van der Waals surface area contributed by atoms with Gasteiger partial charge in [0.25, 0.3) is 0 Å². The van der Waals surface area contributed by atoms with Crippen molar-refractivity contribution in [2.24, 2.45) is 0 Å². The summed E-state index contributed by atoms with van der Waals surface area (Å²) in [6.45, 7) is 2.61. The van der Waals surface area contributed by atoms with Crippen LogP contribution in [-0.4, -0.2) is 19.7 Å². The fraction of sp³-hybridized carbons (Fsp3) is 0.286. The van der Waals surface area contributed by atoms with Crippen LogP contribution < -0.4 is 0 Å². The second kappa shape index (κ2) is 7.31. The maximum absolute atomic E-state index is 5.88. The average Bonchev–Trinajstić information content (AvgIpc) is 3.11. The normalized spacial score (nSPS) is 13.9. The van der Waals surface area contributed by atoms with Crippen LogP contribution in [0.3, 0.4) is 0 Å². The van der Waals surface area contributed by atoms with Crippen molar-refractivity contribution in [1.29, 1.82) is 0 Å². The molecule has 0 N–H and O–H groups in total. The molecule has 142 valence electrons. The molecule has 28 heavy (non-hydrogen) atoms. The van der Waals surface area contributed by atoms with Gasteiger partial charge in [0, 0.05) is 17.2 Å². The summed E-state index contributed by atoms with van der Waals surface area (Å²) in [5.74, 6) is 4.67. The zero-order valence-electron chi connectivity index (χ0n) is 15.5. The minimum absolute atomic E-state index is 0.523. The molecule has 0 unspecified atom stereocenters. The summed E-state index contributed by atoms with van der Waals surface area (Å²) in [7, 11) is 0. The average molecular weight is 392 g/mol. The van der Waals surface area contributed by atoms with Crippen molar-refractivity contribution in [3.63, 3.8) is 0 Å². The lowest BCUT2D eigenvalue weighted by molar-refractivity contribution is 0.478. The predicted molar refractivity (Wildman–Crippen MR) is 106 cm³/mol. The molecule has 1 saturated carbocycles. The number of thioether (sulfide) groups is 1. The summed E-state index contributed by atoms with van der Waals surface area (Å²) in [4.78, 5) is 4.69. The largest absolute Gasteiger partial charge is 0.467 e. The Kier molecular flexibility index (Phi) is 4.52. The van der Waals surface area contributed by atoms with Gasteiger partial charge in [0.05, 0.1) is 18.5 Å². The van der Waals surface area contributed by atoms with Gasteiger partial charge >= 0.3 is 0 Å². The lowest BCUT2D eigenvalue weighted by Crippen LogP contribution is -2.05. The molecular weight excluding hydrogens is 372 g/mol. The number of benzene rings is 1. The molecule has 0 atom stereocenters. The molecule has 3 heterocycles. The first-order valence-electron chi connectivity index (χ1n) is 9.38. The van der Waals surface area contributed by atoms with Crippen molar-refractivity contribution in [2.45, 2.75) is 43.1 Å². The van der Waals surface area contributed by atoms with Gasteiger partial charge in [0.1, 0.15) is 17.3 Å². The van der Waals surface area contributed by atoms with Crippen molar-refractivity contribution in [1.82, 2.24) is 19.7 Å². The summed E-state index contributed by atoms with van der Waals surface area (Å²) in [5, 5.41) is 9.79. The number of oxazole rings is 1. The Labute approximate surface area is 167 Å². The summed E-state index contributed by atoms with van der Waals surface area (Å²) >= 11 is 1.64. The Morgan fingerprint density at radius 2 is 1.96 bits per heavy atom. The van der Waals surface area contributed by atoms with Crippen LogP contribution in [0.1, 0.15) is 41.8 Å². The third-order valence-corrected chi connectivity index (χ3v) is 5.81. The molecule has 4 aromatic rings. The van der Waals surface area contributed by atoms with Crippen molar-refractivity contribution < 1.29 is 8.83 Å². The molecule has 5 rings (SSSR count). The highest BCUT2D eigenvalue weighted by molar-refractivity contribution is 7.98. The van der Waals surface area contributed by atoms with Gasteiger partial charge in [-0.1, -0.05) is 30.0 Å². The fourth-order valence-electron chi connectivity index (χ4n) is 3.16. The molecule has 1 aliphatic carbocycles. The zero-order valence-corrected chi connectivity index (χ0v) is 16.4. The maximum Gasteiger partial charge on any atom is 0.226 e. The SMILES string of the molecule is Cc1oc(-c2ccccc2)nc1CSc1nnc(C2CC2)n1Cc1ccco1. The summed E-state index contributed by atoms with van der Waals surface area (Å²) in [6, 6.07) is 13.9. The van der Waals surface area contributed by atoms with E-state index in [-0.39, 0.29) is 0 Å². The standard InChI is InChI=1S/C21H20N4O2S/c1-14-18(22-20(27-14)16-6-3-2-4-7-16)13-28-21-24-23-19(15-9-10-15)25(21)12-17-8-5-11-26-17/h2-8,11,15H,9-10,12-13H2,1H3. The van der Waals surface area contributed by atoms with Crippen LogP contribution in [-0.2, 0) is 12.3 Å². The van der Waals surface area contributed by atoms with Crippen LogP contribution in [0.2, 0.25) is 0 Å². The lowest BCUT2D eigenvalue weighted by atomic mass is 10.2. The Hall–Kier alpha value is -2.80. The second-order valence-corrected chi connectivity index (χ2v) is 7.90. The number of furan rings is 1. The molecule has 0 saturated heterocycles. The van der Waals surface area contributed by atoms with E-state index in [9.17, 15) is 0 Å². The van der Waals surface area contributed by atoms with Crippen LogP contribution in [0.4, 0.5) is 0 Å². The first-order valence-corrected chi connectivity index (χ1v) is 10.4. The van der Waals surface area contributed by atoms with Gasteiger partial charge in [-0.25, -0.2) is 4.98 Å². The molecule has 6 nitrogen and oxygen atoms in total. The van der Waals surface area contributed by atoms with Crippen LogP contribution in [0.15, 0.2) is 62.7 Å². The minimum atomic E-state index is 0.523. The van der Waals surface area contributed by atoms with Crippen LogP contribution in [0.25, 0.3) is 11.5 Å². The Morgan fingerprint density at radius 1 is 1.11 bits per heavy atom. The van der Waals surface area contributed by atoms with E-state index in [1.165, 1.54) is 12.8 Å². The highest BCUT2D eigenvalue weighted by Crippen LogP contribution is 2.40. The van der Waals surface area contributed by atoms with Gasteiger partial charge in [-0.2, -0.15) is 0 Å². The summed E-state index contributed by atoms with van der Waals surface area (Å²) in [6.07, 6.45) is 4.07. The molecule has 3 aromatic heterocycles.